The van der Waals surface area contributed by atoms with E-state index in [-0.39, 0.29) is 0 Å². The summed E-state index contributed by atoms with van der Waals surface area (Å²) in [5, 5.41) is 8.33. The van der Waals surface area contributed by atoms with Gasteiger partial charge in [-0.2, -0.15) is 0 Å². The molecule has 5 heteroatoms. The lowest BCUT2D eigenvalue weighted by Crippen LogP contribution is -2.36. The largest absolute Gasteiger partial charge is 0.336 e. The van der Waals surface area contributed by atoms with Gasteiger partial charge in [0.25, 0.3) is 0 Å². The summed E-state index contributed by atoms with van der Waals surface area (Å²) < 4.78 is 0. The molecule has 0 aliphatic rings. The molecule has 0 unspecified atom stereocenters. The molecular weight excluding hydrogens is 214 g/mol. The molecule has 0 amide bonds. The molecule has 0 spiro atoms. The Balaban J connectivity index is 2.40. The van der Waals surface area contributed by atoms with Crippen LogP contribution in [0.3, 0.4) is 0 Å². The van der Waals surface area contributed by atoms with E-state index in [2.05, 4.69) is 33.9 Å². The summed E-state index contributed by atoms with van der Waals surface area (Å²) in [6.45, 7) is 5.49. The summed E-state index contributed by atoms with van der Waals surface area (Å²) in [5.41, 5.74) is 7.27. The molecule has 1 aromatic carbocycles. The molecule has 0 aliphatic heterocycles. The summed E-state index contributed by atoms with van der Waals surface area (Å²) in [6, 6.07) is 8.03. The van der Waals surface area contributed by atoms with Gasteiger partial charge in [0, 0.05) is 19.1 Å². The molecule has 0 bridgehead atoms. The summed E-state index contributed by atoms with van der Waals surface area (Å²) in [6.07, 6.45) is 0. The Morgan fingerprint density at radius 1 is 1.18 bits per heavy atom. The normalized spacial score (nSPS) is 11.1. The highest BCUT2D eigenvalue weighted by Gasteiger charge is 2.13. The molecule has 2 N–H and O–H groups in total. The second-order valence-corrected chi connectivity index (χ2v) is 4.18. The summed E-state index contributed by atoms with van der Waals surface area (Å²) >= 11 is 0. The molecule has 0 atom stereocenters. The van der Waals surface area contributed by atoms with Crippen molar-refractivity contribution in [1.29, 1.82) is 0 Å². The lowest BCUT2D eigenvalue weighted by molar-refractivity contribution is 0.658. The number of rotatable bonds is 4. The maximum Gasteiger partial charge on any atom is 0.246 e. The van der Waals surface area contributed by atoms with Crippen LogP contribution in [0.25, 0.3) is 11.0 Å². The van der Waals surface area contributed by atoms with E-state index in [1.54, 1.807) is 0 Å². The summed E-state index contributed by atoms with van der Waals surface area (Å²) in [4.78, 5) is 6.57. The second-order valence-electron chi connectivity index (χ2n) is 4.18. The van der Waals surface area contributed by atoms with Crippen LogP contribution < -0.4 is 10.6 Å². The second kappa shape index (κ2) is 5.05. The van der Waals surface area contributed by atoms with Crippen molar-refractivity contribution in [3.63, 3.8) is 0 Å². The quantitative estimate of drug-likeness (QED) is 0.856. The van der Waals surface area contributed by atoms with Gasteiger partial charge in [0.1, 0.15) is 5.52 Å². The first-order chi connectivity index (χ1) is 8.22. The van der Waals surface area contributed by atoms with E-state index in [9.17, 15) is 0 Å². The van der Waals surface area contributed by atoms with Crippen molar-refractivity contribution in [2.45, 2.75) is 19.9 Å². The SMILES string of the molecule is CC(C)N(CCN)c1nnc2ccccc2n1. The number of aromatic nitrogens is 3. The van der Waals surface area contributed by atoms with Crippen molar-refractivity contribution in [2.75, 3.05) is 18.0 Å². The van der Waals surface area contributed by atoms with Gasteiger partial charge >= 0.3 is 0 Å². The third-order valence-electron chi connectivity index (χ3n) is 2.60. The third-order valence-corrected chi connectivity index (χ3v) is 2.60. The number of anilines is 1. The van der Waals surface area contributed by atoms with Gasteiger partial charge in [0.2, 0.25) is 5.95 Å². The highest BCUT2D eigenvalue weighted by Crippen LogP contribution is 2.14. The van der Waals surface area contributed by atoms with Gasteiger partial charge in [-0.15, -0.1) is 10.2 Å². The van der Waals surface area contributed by atoms with Gasteiger partial charge in [-0.3, -0.25) is 0 Å². The fourth-order valence-corrected chi connectivity index (χ4v) is 1.72. The Morgan fingerprint density at radius 2 is 1.88 bits per heavy atom. The minimum Gasteiger partial charge on any atom is -0.336 e. The van der Waals surface area contributed by atoms with E-state index in [4.69, 9.17) is 5.73 Å². The van der Waals surface area contributed by atoms with Crippen LogP contribution in [0.1, 0.15) is 13.8 Å². The van der Waals surface area contributed by atoms with Crippen LogP contribution in [-0.4, -0.2) is 34.3 Å². The Morgan fingerprint density at radius 3 is 2.53 bits per heavy atom. The van der Waals surface area contributed by atoms with E-state index >= 15 is 0 Å². The van der Waals surface area contributed by atoms with Gasteiger partial charge in [-0.05, 0) is 26.0 Å². The predicted molar refractivity (Wildman–Crippen MR) is 68.9 cm³/mol. The number of hydrogen-bond donors (Lipinski definition) is 1. The average molecular weight is 231 g/mol. The molecule has 2 rings (SSSR count). The number of fused-ring (bicyclic) bond motifs is 1. The van der Waals surface area contributed by atoms with Crippen molar-refractivity contribution in [3.05, 3.63) is 24.3 Å². The number of nitrogens with zero attached hydrogens (tertiary/aromatic N) is 4. The summed E-state index contributed by atoms with van der Waals surface area (Å²) in [7, 11) is 0. The van der Waals surface area contributed by atoms with E-state index in [1.807, 2.05) is 24.3 Å². The zero-order chi connectivity index (χ0) is 12.3. The molecule has 1 aromatic heterocycles. The molecular formula is C12H17N5. The number of hydrogen-bond acceptors (Lipinski definition) is 5. The Bertz CT molecular complexity index is 497. The number of benzene rings is 1. The maximum absolute atomic E-state index is 5.60. The zero-order valence-electron chi connectivity index (χ0n) is 10.2. The Hall–Kier alpha value is -1.75. The lowest BCUT2D eigenvalue weighted by atomic mass is 10.3. The van der Waals surface area contributed by atoms with Crippen LogP contribution in [0, 0.1) is 0 Å². The zero-order valence-corrected chi connectivity index (χ0v) is 10.2. The maximum atomic E-state index is 5.60. The predicted octanol–water partition coefficient (Wildman–Crippen LogP) is 1.20. The molecule has 17 heavy (non-hydrogen) atoms. The number of nitrogens with two attached hydrogens (primary N) is 1. The smallest absolute Gasteiger partial charge is 0.246 e. The van der Waals surface area contributed by atoms with Gasteiger partial charge in [-0.1, -0.05) is 12.1 Å². The van der Waals surface area contributed by atoms with E-state index < -0.39 is 0 Å². The topological polar surface area (TPSA) is 67.9 Å². The van der Waals surface area contributed by atoms with E-state index in [0.717, 1.165) is 17.6 Å². The first kappa shape index (κ1) is 11.7. The van der Waals surface area contributed by atoms with E-state index in [1.165, 1.54) is 0 Å². The fraction of sp³-hybridized carbons (Fsp3) is 0.417. The van der Waals surface area contributed by atoms with Gasteiger partial charge in [0.05, 0.1) is 5.52 Å². The molecule has 0 radical (unpaired) electrons. The molecule has 5 nitrogen and oxygen atoms in total. The minimum atomic E-state index is 0.307. The minimum absolute atomic E-state index is 0.307. The van der Waals surface area contributed by atoms with Crippen molar-refractivity contribution in [3.8, 4) is 0 Å². The van der Waals surface area contributed by atoms with Crippen molar-refractivity contribution < 1.29 is 0 Å². The fourth-order valence-electron chi connectivity index (χ4n) is 1.72. The molecule has 0 fully saturated rings. The van der Waals surface area contributed by atoms with Gasteiger partial charge in [-0.25, -0.2) is 4.98 Å². The highest BCUT2D eigenvalue weighted by molar-refractivity contribution is 5.74. The number of para-hydroxylation sites is 1. The van der Waals surface area contributed by atoms with Crippen LogP contribution in [0.5, 0.6) is 0 Å². The van der Waals surface area contributed by atoms with Crippen LogP contribution >= 0.6 is 0 Å². The van der Waals surface area contributed by atoms with Crippen LogP contribution in [0.15, 0.2) is 24.3 Å². The van der Waals surface area contributed by atoms with Crippen molar-refractivity contribution >= 4 is 17.0 Å². The van der Waals surface area contributed by atoms with Crippen molar-refractivity contribution in [2.24, 2.45) is 5.73 Å². The van der Waals surface area contributed by atoms with Crippen LogP contribution in [0.4, 0.5) is 5.95 Å². The van der Waals surface area contributed by atoms with Crippen LogP contribution in [0.2, 0.25) is 0 Å². The van der Waals surface area contributed by atoms with Gasteiger partial charge in [0.15, 0.2) is 0 Å². The molecule has 90 valence electrons. The molecule has 0 saturated carbocycles. The summed E-state index contributed by atoms with van der Waals surface area (Å²) in [5.74, 6) is 0.643. The molecule has 2 aromatic rings. The van der Waals surface area contributed by atoms with Gasteiger partial charge < -0.3 is 10.6 Å². The van der Waals surface area contributed by atoms with Crippen LogP contribution in [-0.2, 0) is 0 Å². The lowest BCUT2D eigenvalue weighted by Gasteiger charge is -2.25. The monoisotopic (exact) mass is 231 g/mol. The molecule has 1 heterocycles. The first-order valence-electron chi connectivity index (χ1n) is 5.78. The molecule has 0 aliphatic carbocycles. The Labute approximate surface area is 101 Å². The Kier molecular flexibility index (Phi) is 3.49. The first-order valence-corrected chi connectivity index (χ1v) is 5.78. The van der Waals surface area contributed by atoms with E-state index in [0.29, 0.717) is 18.5 Å². The molecule has 0 saturated heterocycles. The van der Waals surface area contributed by atoms with Crippen molar-refractivity contribution in [1.82, 2.24) is 15.2 Å². The highest BCUT2D eigenvalue weighted by atomic mass is 15.3. The standard InChI is InChI=1S/C12H17N5/c1-9(2)17(8-7-13)12-14-10-5-3-4-6-11(10)15-16-12/h3-6,9H,7-8,13H2,1-2H3. The third kappa shape index (κ3) is 2.50. The average Bonchev–Trinajstić information content (AvgIpc) is 2.35.